The van der Waals surface area contributed by atoms with Gasteiger partial charge in [-0.25, -0.2) is 8.42 Å². The van der Waals surface area contributed by atoms with E-state index >= 15 is 0 Å². The molecule has 0 saturated heterocycles. The number of hydrogen-bond donors (Lipinski definition) is 0. The fourth-order valence-electron chi connectivity index (χ4n) is 2.00. The van der Waals surface area contributed by atoms with Gasteiger partial charge in [-0.2, -0.15) is 0 Å². The van der Waals surface area contributed by atoms with Crippen molar-refractivity contribution in [1.29, 1.82) is 0 Å². The molecule has 0 bridgehead atoms. The summed E-state index contributed by atoms with van der Waals surface area (Å²) in [6.07, 6.45) is 0.859. The molecule has 0 aliphatic rings. The molecule has 0 amide bonds. The molecule has 0 fully saturated rings. The average Bonchev–Trinajstić information content (AvgIpc) is 2.49. The first-order valence-electron chi connectivity index (χ1n) is 6.74. The summed E-state index contributed by atoms with van der Waals surface area (Å²) in [4.78, 5) is 10.9. The smallest absolute Gasteiger partial charge is 0.264 e. The van der Waals surface area contributed by atoms with Crippen molar-refractivity contribution in [3.8, 4) is 0 Å². The molecule has 0 saturated carbocycles. The lowest BCUT2D eigenvalue weighted by molar-refractivity contribution is -0.107. The summed E-state index contributed by atoms with van der Waals surface area (Å²) in [6.45, 7) is 2.01. The Bertz CT molecular complexity index is 740. The fraction of sp³-hybridized carbons (Fsp3) is 0.188. The number of benzene rings is 2. The van der Waals surface area contributed by atoms with E-state index in [-0.39, 0.29) is 17.9 Å². The third-order valence-electron chi connectivity index (χ3n) is 3.17. The fourth-order valence-corrected chi connectivity index (χ4v) is 3.75. The van der Waals surface area contributed by atoms with E-state index < -0.39 is 10.0 Å². The zero-order valence-corrected chi connectivity index (χ0v) is 14.5. The van der Waals surface area contributed by atoms with E-state index in [0.717, 1.165) is 16.3 Å². The Kier molecular flexibility index (Phi) is 5.37. The van der Waals surface area contributed by atoms with Crippen molar-refractivity contribution in [2.45, 2.75) is 18.2 Å². The van der Waals surface area contributed by atoms with Crippen LogP contribution in [0.15, 0.2) is 57.9 Å². The molecule has 22 heavy (non-hydrogen) atoms. The molecule has 4 nitrogen and oxygen atoms in total. The summed E-state index contributed by atoms with van der Waals surface area (Å²) in [5.74, 6) is 0. The Morgan fingerprint density at radius 2 is 1.64 bits per heavy atom. The quantitative estimate of drug-likeness (QED) is 0.719. The maximum atomic E-state index is 12.8. The predicted molar refractivity (Wildman–Crippen MR) is 90.5 cm³/mol. The molecule has 0 heterocycles. The van der Waals surface area contributed by atoms with Crippen LogP contribution in [-0.2, 0) is 14.8 Å². The highest BCUT2D eigenvalue weighted by Gasteiger charge is 2.24. The van der Waals surface area contributed by atoms with Crippen LogP contribution in [0.25, 0.3) is 0 Å². The van der Waals surface area contributed by atoms with Gasteiger partial charge in [0.15, 0.2) is 0 Å². The topological polar surface area (TPSA) is 54.5 Å². The Balaban J connectivity index is 2.45. The summed E-state index contributed by atoms with van der Waals surface area (Å²) in [7, 11) is -3.70. The number of halogens is 1. The first-order valence-corrected chi connectivity index (χ1v) is 8.97. The number of nitrogens with zero attached hydrogens (tertiary/aromatic N) is 1. The van der Waals surface area contributed by atoms with Gasteiger partial charge in [0, 0.05) is 17.4 Å². The largest absolute Gasteiger partial charge is 0.303 e. The molecular weight excluding hydrogens is 366 g/mol. The van der Waals surface area contributed by atoms with Crippen molar-refractivity contribution in [3.63, 3.8) is 0 Å². The van der Waals surface area contributed by atoms with Gasteiger partial charge in [0.25, 0.3) is 10.0 Å². The second kappa shape index (κ2) is 7.07. The summed E-state index contributed by atoms with van der Waals surface area (Å²) >= 11 is 3.33. The Morgan fingerprint density at radius 1 is 1.05 bits per heavy atom. The van der Waals surface area contributed by atoms with Gasteiger partial charge in [0.1, 0.15) is 6.29 Å². The minimum Gasteiger partial charge on any atom is -0.303 e. The highest BCUT2D eigenvalue weighted by atomic mass is 79.9. The molecular formula is C16H16BrNO3S. The molecule has 0 spiro atoms. The van der Waals surface area contributed by atoms with Gasteiger partial charge in [0.2, 0.25) is 0 Å². The Hall–Kier alpha value is -1.66. The van der Waals surface area contributed by atoms with Gasteiger partial charge in [-0.15, -0.1) is 0 Å². The molecule has 0 atom stereocenters. The monoisotopic (exact) mass is 381 g/mol. The number of carbonyl (C=O) groups excluding carboxylic acids is 1. The van der Waals surface area contributed by atoms with E-state index in [9.17, 15) is 13.2 Å². The first-order chi connectivity index (χ1) is 10.4. The number of hydrogen-bond acceptors (Lipinski definition) is 3. The van der Waals surface area contributed by atoms with E-state index in [1.807, 2.05) is 6.92 Å². The summed E-state index contributed by atoms with van der Waals surface area (Å²) in [5.41, 5.74) is 1.52. The van der Waals surface area contributed by atoms with Crippen LogP contribution in [0.5, 0.6) is 0 Å². The molecule has 2 aromatic rings. The minimum atomic E-state index is -3.70. The molecule has 0 radical (unpaired) electrons. The van der Waals surface area contributed by atoms with Crippen molar-refractivity contribution in [1.82, 2.24) is 0 Å². The van der Waals surface area contributed by atoms with Crippen molar-refractivity contribution < 1.29 is 13.2 Å². The molecule has 2 aromatic carbocycles. The SMILES string of the molecule is Cc1ccc(S(=O)(=O)N(CCC=O)c2ccc(Br)cc2)cc1. The molecule has 0 aliphatic heterocycles. The van der Waals surface area contributed by atoms with Crippen LogP contribution >= 0.6 is 15.9 Å². The Labute approximate surface area is 138 Å². The second-order valence-corrected chi connectivity index (χ2v) is 7.60. The minimum absolute atomic E-state index is 0.112. The molecule has 2 rings (SSSR count). The second-order valence-electron chi connectivity index (χ2n) is 4.82. The predicted octanol–water partition coefficient (Wildman–Crippen LogP) is 3.54. The normalized spacial score (nSPS) is 11.2. The molecule has 0 aromatic heterocycles. The van der Waals surface area contributed by atoms with Gasteiger partial charge in [-0.05, 0) is 43.3 Å². The maximum Gasteiger partial charge on any atom is 0.264 e. The van der Waals surface area contributed by atoms with Crippen LogP contribution in [0, 0.1) is 6.92 Å². The van der Waals surface area contributed by atoms with Crippen LogP contribution in [-0.4, -0.2) is 21.2 Å². The highest BCUT2D eigenvalue weighted by molar-refractivity contribution is 9.10. The Morgan fingerprint density at radius 3 is 2.18 bits per heavy atom. The summed E-state index contributed by atoms with van der Waals surface area (Å²) < 4.78 is 27.8. The lowest BCUT2D eigenvalue weighted by Gasteiger charge is -2.24. The van der Waals surface area contributed by atoms with Crippen LogP contribution in [0.4, 0.5) is 5.69 Å². The number of aldehydes is 1. The van der Waals surface area contributed by atoms with E-state index in [1.165, 1.54) is 4.31 Å². The van der Waals surface area contributed by atoms with Crippen molar-refractivity contribution in [2.75, 3.05) is 10.8 Å². The summed E-state index contributed by atoms with van der Waals surface area (Å²) in [6, 6.07) is 13.6. The van der Waals surface area contributed by atoms with Gasteiger partial charge >= 0.3 is 0 Å². The van der Waals surface area contributed by atoms with Crippen LogP contribution in [0.1, 0.15) is 12.0 Å². The van der Waals surface area contributed by atoms with Crippen molar-refractivity contribution in [2.24, 2.45) is 0 Å². The maximum absolute atomic E-state index is 12.8. The lowest BCUT2D eigenvalue weighted by atomic mass is 10.2. The van der Waals surface area contributed by atoms with Crippen LogP contribution in [0.2, 0.25) is 0 Å². The molecule has 116 valence electrons. The molecule has 0 aliphatic carbocycles. The molecule has 0 N–H and O–H groups in total. The average molecular weight is 382 g/mol. The van der Waals surface area contributed by atoms with Crippen LogP contribution in [0.3, 0.4) is 0 Å². The van der Waals surface area contributed by atoms with Crippen LogP contribution < -0.4 is 4.31 Å². The lowest BCUT2D eigenvalue weighted by Crippen LogP contribution is -2.32. The van der Waals surface area contributed by atoms with Crippen molar-refractivity contribution >= 4 is 37.9 Å². The van der Waals surface area contributed by atoms with E-state index in [2.05, 4.69) is 15.9 Å². The number of sulfonamides is 1. The number of carbonyl (C=O) groups is 1. The van der Waals surface area contributed by atoms with E-state index in [0.29, 0.717) is 5.69 Å². The zero-order valence-electron chi connectivity index (χ0n) is 12.1. The van der Waals surface area contributed by atoms with Gasteiger partial charge in [-0.1, -0.05) is 33.6 Å². The standard InChI is InChI=1S/C16H16BrNO3S/c1-13-3-9-16(10-4-13)22(20,21)18(11-2-12-19)15-7-5-14(17)6-8-15/h3-10,12H,2,11H2,1H3. The number of anilines is 1. The number of rotatable bonds is 6. The van der Waals surface area contributed by atoms with Gasteiger partial charge in [0.05, 0.1) is 10.6 Å². The van der Waals surface area contributed by atoms with E-state index in [4.69, 9.17) is 0 Å². The van der Waals surface area contributed by atoms with Gasteiger partial charge in [-0.3, -0.25) is 4.31 Å². The first kappa shape index (κ1) is 16.7. The summed E-state index contributed by atoms with van der Waals surface area (Å²) in [5, 5.41) is 0. The molecule has 0 unspecified atom stereocenters. The highest BCUT2D eigenvalue weighted by Crippen LogP contribution is 2.25. The zero-order chi connectivity index (χ0) is 16.2. The molecule has 6 heteroatoms. The third-order valence-corrected chi connectivity index (χ3v) is 5.54. The van der Waals surface area contributed by atoms with Gasteiger partial charge < -0.3 is 4.79 Å². The third kappa shape index (κ3) is 3.75. The van der Waals surface area contributed by atoms with Crippen molar-refractivity contribution in [3.05, 3.63) is 58.6 Å². The van der Waals surface area contributed by atoms with E-state index in [1.54, 1.807) is 48.5 Å². The number of aryl methyl sites for hydroxylation is 1.